The Morgan fingerprint density at radius 2 is 1.81 bits per heavy atom. The Morgan fingerprint density at radius 3 is 2.43 bits per heavy atom. The Hall–Kier alpha value is -2.19. The van der Waals surface area contributed by atoms with Crippen molar-refractivity contribution in [1.82, 2.24) is 0 Å². The lowest BCUT2D eigenvalue weighted by molar-refractivity contribution is -0.390. The maximum Gasteiger partial charge on any atom is 0.325 e. The third-order valence-corrected chi connectivity index (χ3v) is 4.27. The molecule has 1 N–H and O–H groups in total. The van der Waals surface area contributed by atoms with Crippen LogP contribution in [0.3, 0.4) is 0 Å². The largest absolute Gasteiger partial charge is 0.325 e. The van der Waals surface area contributed by atoms with Gasteiger partial charge in [-0.3, -0.25) is 14.8 Å². The van der Waals surface area contributed by atoms with E-state index in [1.54, 1.807) is 6.07 Å². The van der Waals surface area contributed by atoms with Crippen LogP contribution in [0.4, 0.5) is 15.8 Å². The predicted molar refractivity (Wildman–Crippen MR) is 75.3 cm³/mol. The summed E-state index contributed by atoms with van der Waals surface area (Å²) in [4.78, 5) is 9.00. The molecular weight excluding hydrogens is 323 g/mol. The number of hydrogen-bond donors (Lipinski definition) is 1. The quantitative estimate of drug-likeness (QED) is 0.688. The van der Waals surface area contributed by atoms with Crippen LogP contribution < -0.4 is 4.72 Å². The van der Waals surface area contributed by atoms with Crippen molar-refractivity contribution in [1.29, 1.82) is 0 Å². The van der Waals surface area contributed by atoms with E-state index in [-0.39, 0.29) is 10.7 Å². The van der Waals surface area contributed by atoms with Gasteiger partial charge in [0.05, 0.1) is 15.6 Å². The smallest absolute Gasteiger partial charge is 0.278 e. The number of halogens is 2. The van der Waals surface area contributed by atoms with E-state index in [9.17, 15) is 22.9 Å². The molecule has 2 rings (SSSR count). The number of para-hydroxylation sites is 2. The topological polar surface area (TPSA) is 89.3 Å². The summed E-state index contributed by atoms with van der Waals surface area (Å²) in [7, 11) is -4.35. The van der Waals surface area contributed by atoms with Crippen LogP contribution in [0, 0.1) is 15.9 Å². The van der Waals surface area contributed by atoms with Gasteiger partial charge >= 0.3 is 5.69 Å². The predicted octanol–water partition coefficient (Wildman–Crippen LogP) is 3.19. The average molecular weight is 331 g/mol. The molecule has 110 valence electrons. The van der Waals surface area contributed by atoms with Gasteiger partial charge in [0.15, 0.2) is 4.90 Å². The highest BCUT2D eigenvalue weighted by atomic mass is 35.5. The summed E-state index contributed by atoms with van der Waals surface area (Å²) in [5.41, 5.74) is -1.07. The molecule has 0 heterocycles. The van der Waals surface area contributed by atoms with E-state index in [2.05, 4.69) is 4.72 Å². The van der Waals surface area contributed by atoms with Crippen LogP contribution in [0.15, 0.2) is 47.4 Å². The standard InChI is InChI=1S/C12H8ClFN2O4S/c13-8-4-1-2-6-10(8)15-21(19,20)11-7-3-5-9(14)12(11)16(17)18/h1-7,15H. The fourth-order valence-electron chi connectivity index (χ4n) is 1.63. The van der Waals surface area contributed by atoms with Gasteiger partial charge in [-0.2, -0.15) is 4.39 Å². The lowest BCUT2D eigenvalue weighted by Gasteiger charge is -2.09. The highest BCUT2D eigenvalue weighted by Crippen LogP contribution is 2.30. The molecule has 9 heteroatoms. The lowest BCUT2D eigenvalue weighted by Crippen LogP contribution is -2.15. The van der Waals surface area contributed by atoms with E-state index in [0.717, 1.165) is 18.2 Å². The molecule has 0 bridgehead atoms. The number of anilines is 1. The van der Waals surface area contributed by atoms with E-state index >= 15 is 0 Å². The van der Waals surface area contributed by atoms with E-state index in [0.29, 0.717) is 0 Å². The van der Waals surface area contributed by atoms with E-state index < -0.39 is 31.3 Å². The van der Waals surface area contributed by atoms with Gasteiger partial charge in [-0.25, -0.2) is 8.42 Å². The van der Waals surface area contributed by atoms with Gasteiger partial charge in [0.1, 0.15) is 0 Å². The molecule has 0 spiro atoms. The number of sulfonamides is 1. The van der Waals surface area contributed by atoms with Gasteiger partial charge in [0, 0.05) is 0 Å². The zero-order valence-electron chi connectivity index (χ0n) is 10.3. The minimum Gasteiger partial charge on any atom is -0.278 e. The van der Waals surface area contributed by atoms with Crippen molar-refractivity contribution in [2.75, 3.05) is 4.72 Å². The van der Waals surface area contributed by atoms with Crippen LogP contribution in [0.1, 0.15) is 0 Å². The molecule has 6 nitrogen and oxygen atoms in total. The molecule has 0 saturated heterocycles. The molecule has 0 radical (unpaired) electrons. The number of nitro groups is 1. The van der Waals surface area contributed by atoms with Crippen molar-refractivity contribution in [2.24, 2.45) is 0 Å². The number of nitro benzene ring substituents is 1. The Bertz CT molecular complexity index is 811. The summed E-state index contributed by atoms with van der Waals surface area (Å²) in [5.74, 6) is -1.23. The fourth-order valence-corrected chi connectivity index (χ4v) is 3.13. The van der Waals surface area contributed by atoms with Gasteiger partial charge in [0.2, 0.25) is 5.82 Å². The van der Waals surface area contributed by atoms with Crippen LogP contribution in [0.5, 0.6) is 0 Å². The minimum atomic E-state index is -4.35. The second-order valence-corrected chi connectivity index (χ2v) is 5.99. The highest BCUT2D eigenvalue weighted by molar-refractivity contribution is 7.92. The molecule has 21 heavy (non-hydrogen) atoms. The van der Waals surface area contributed by atoms with Gasteiger partial charge in [-0.15, -0.1) is 0 Å². The van der Waals surface area contributed by atoms with Crippen LogP contribution in [-0.2, 0) is 10.0 Å². The molecule has 0 aliphatic carbocycles. The van der Waals surface area contributed by atoms with Gasteiger partial charge in [-0.1, -0.05) is 29.8 Å². The van der Waals surface area contributed by atoms with Crippen molar-refractivity contribution in [3.05, 3.63) is 63.4 Å². The number of rotatable bonds is 4. The molecule has 0 saturated carbocycles. The number of benzene rings is 2. The van der Waals surface area contributed by atoms with Crippen LogP contribution >= 0.6 is 11.6 Å². The first-order valence-corrected chi connectivity index (χ1v) is 7.39. The SMILES string of the molecule is O=[N+]([O-])c1c(F)cccc1S(=O)(=O)Nc1ccccc1Cl. The monoisotopic (exact) mass is 330 g/mol. The first-order chi connectivity index (χ1) is 9.83. The molecular formula is C12H8ClFN2O4S. The molecule has 0 atom stereocenters. The summed E-state index contributed by atoms with van der Waals surface area (Å²) >= 11 is 5.82. The fraction of sp³-hybridized carbons (Fsp3) is 0. The molecule has 0 amide bonds. The Kier molecular flexibility index (Phi) is 4.10. The number of nitrogens with one attached hydrogen (secondary N) is 1. The molecule has 2 aromatic carbocycles. The Labute approximate surface area is 124 Å². The number of hydrogen-bond acceptors (Lipinski definition) is 4. The van der Waals surface area contributed by atoms with Crippen LogP contribution in [-0.4, -0.2) is 13.3 Å². The maximum absolute atomic E-state index is 13.5. The third kappa shape index (κ3) is 3.11. The Balaban J connectivity index is 2.53. The molecule has 0 unspecified atom stereocenters. The zero-order chi connectivity index (χ0) is 15.6. The molecule has 0 aliphatic rings. The lowest BCUT2D eigenvalue weighted by atomic mass is 10.3. The van der Waals surface area contributed by atoms with E-state index in [1.165, 1.54) is 18.2 Å². The van der Waals surface area contributed by atoms with Gasteiger partial charge in [0.25, 0.3) is 10.0 Å². The van der Waals surface area contributed by atoms with E-state index in [4.69, 9.17) is 11.6 Å². The third-order valence-electron chi connectivity index (χ3n) is 2.54. The number of nitrogens with zero attached hydrogens (tertiary/aromatic N) is 1. The van der Waals surface area contributed by atoms with Crippen molar-refractivity contribution in [2.45, 2.75) is 4.90 Å². The minimum absolute atomic E-state index is 0.0396. The second kappa shape index (κ2) is 5.66. The summed E-state index contributed by atoms with van der Waals surface area (Å²) in [6.45, 7) is 0. The highest BCUT2D eigenvalue weighted by Gasteiger charge is 2.29. The molecule has 0 fully saturated rings. The average Bonchev–Trinajstić information content (AvgIpc) is 2.40. The normalized spacial score (nSPS) is 11.1. The first-order valence-electron chi connectivity index (χ1n) is 5.53. The van der Waals surface area contributed by atoms with E-state index in [1.807, 2.05) is 0 Å². The van der Waals surface area contributed by atoms with Crippen molar-refractivity contribution in [3.8, 4) is 0 Å². The zero-order valence-corrected chi connectivity index (χ0v) is 11.9. The summed E-state index contributed by atoms with van der Waals surface area (Å²) in [6, 6.07) is 8.77. The Morgan fingerprint density at radius 1 is 1.14 bits per heavy atom. The van der Waals surface area contributed by atoms with Gasteiger partial charge in [-0.05, 0) is 24.3 Å². The van der Waals surface area contributed by atoms with Crippen LogP contribution in [0.25, 0.3) is 0 Å². The van der Waals surface area contributed by atoms with Crippen molar-refractivity contribution < 1.29 is 17.7 Å². The second-order valence-electron chi connectivity index (χ2n) is 3.93. The molecule has 2 aromatic rings. The summed E-state index contributed by atoms with van der Waals surface area (Å²) < 4.78 is 40.0. The maximum atomic E-state index is 13.5. The van der Waals surface area contributed by atoms with Gasteiger partial charge < -0.3 is 0 Å². The first kappa shape index (κ1) is 15.2. The van der Waals surface area contributed by atoms with Crippen molar-refractivity contribution in [3.63, 3.8) is 0 Å². The molecule has 0 aromatic heterocycles. The molecule has 0 aliphatic heterocycles. The van der Waals surface area contributed by atoms with Crippen molar-refractivity contribution >= 4 is 33.0 Å². The summed E-state index contributed by atoms with van der Waals surface area (Å²) in [6.07, 6.45) is 0. The summed E-state index contributed by atoms with van der Waals surface area (Å²) in [5, 5.41) is 11.0. The van der Waals surface area contributed by atoms with Crippen LogP contribution in [0.2, 0.25) is 5.02 Å².